The van der Waals surface area contributed by atoms with Crippen molar-refractivity contribution in [3.63, 3.8) is 0 Å². The lowest BCUT2D eigenvalue weighted by Gasteiger charge is -2.41. The first-order chi connectivity index (χ1) is 11.9. The Kier molecular flexibility index (Phi) is 5.49. The molecule has 1 aromatic rings. The van der Waals surface area contributed by atoms with Crippen LogP contribution in [0.4, 0.5) is 0 Å². The maximum absolute atomic E-state index is 12.5. The van der Waals surface area contributed by atoms with Crippen LogP contribution in [-0.4, -0.2) is 55.5 Å². The Morgan fingerprint density at radius 3 is 2.44 bits per heavy atom. The molecule has 1 N–H and O–H groups in total. The molecular weight excluding hydrogens is 338 g/mol. The number of rotatable bonds is 5. The first-order valence-corrected chi connectivity index (χ1v) is 10.9. The molecule has 1 amide bonds. The lowest BCUT2D eigenvalue weighted by atomic mass is 9.74. The van der Waals surface area contributed by atoms with Crippen LogP contribution in [0.25, 0.3) is 0 Å². The van der Waals surface area contributed by atoms with Crippen LogP contribution in [0.15, 0.2) is 30.3 Å². The minimum absolute atomic E-state index is 0.0219. The standard InChI is InChI=1S/C19H27NO4S/c21-15-19(13-16-4-2-1-3-5-16)7-9-20(10-8-19)18(22)12-17-6-11-25(23,24)14-17/h1-5,17,21H,6-15H2. The summed E-state index contributed by atoms with van der Waals surface area (Å²) in [7, 11) is -2.93. The van der Waals surface area contributed by atoms with Crippen LogP contribution in [0, 0.1) is 11.3 Å². The molecule has 2 heterocycles. The van der Waals surface area contributed by atoms with Gasteiger partial charge in [-0.15, -0.1) is 0 Å². The van der Waals surface area contributed by atoms with Gasteiger partial charge in [-0.05, 0) is 37.2 Å². The lowest BCUT2D eigenvalue weighted by molar-refractivity contribution is -0.134. The van der Waals surface area contributed by atoms with E-state index in [2.05, 4.69) is 12.1 Å². The number of aliphatic hydroxyl groups is 1. The molecule has 0 radical (unpaired) electrons. The van der Waals surface area contributed by atoms with E-state index in [4.69, 9.17) is 0 Å². The number of amides is 1. The second-order valence-electron chi connectivity index (χ2n) is 7.67. The molecule has 2 fully saturated rings. The Morgan fingerprint density at radius 2 is 1.88 bits per heavy atom. The van der Waals surface area contributed by atoms with Gasteiger partial charge in [0.25, 0.3) is 0 Å². The summed E-state index contributed by atoms with van der Waals surface area (Å²) in [6, 6.07) is 10.2. The number of carbonyl (C=O) groups excluding carboxylic acids is 1. The van der Waals surface area contributed by atoms with Crippen molar-refractivity contribution >= 4 is 15.7 Å². The van der Waals surface area contributed by atoms with Crippen LogP contribution in [-0.2, 0) is 21.1 Å². The summed E-state index contributed by atoms with van der Waals surface area (Å²) in [6.07, 6.45) is 3.34. The average molecular weight is 365 g/mol. The SMILES string of the molecule is O=C(CC1CCS(=O)(=O)C1)N1CCC(CO)(Cc2ccccc2)CC1. The molecule has 0 bridgehead atoms. The van der Waals surface area contributed by atoms with Gasteiger partial charge in [-0.1, -0.05) is 30.3 Å². The van der Waals surface area contributed by atoms with E-state index < -0.39 is 9.84 Å². The van der Waals surface area contributed by atoms with E-state index >= 15 is 0 Å². The summed E-state index contributed by atoms with van der Waals surface area (Å²) in [5.41, 5.74) is 1.06. The molecule has 1 atom stereocenters. The molecule has 6 heteroatoms. The predicted molar refractivity (Wildman–Crippen MR) is 96.9 cm³/mol. The van der Waals surface area contributed by atoms with Crippen LogP contribution in [0.3, 0.4) is 0 Å². The van der Waals surface area contributed by atoms with E-state index in [1.54, 1.807) is 0 Å². The summed E-state index contributed by atoms with van der Waals surface area (Å²) in [6.45, 7) is 1.42. The van der Waals surface area contributed by atoms with Crippen LogP contribution in [0.5, 0.6) is 0 Å². The molecule has 138 valence electrons. The summed E-state index contributed by atoms with van der Waals surface area (Å²) >= 11 is 0. The number of benzene rings is 1. The molecule has 3 rings (SSSR count). The van der Waals surface area contributed by atoms with Gasteiger partial charge in [-0.3, -0.25) is 4.79 Å². The van der Waals surface area contributed by atoms with Crippen molar-refractivity contribution in [1.29, 1.82) is 0 Å². The molecule has 25 heavy (non-hydrogen) atoms. The smallest absolute Gasteiger partial charge is 0.222 e. The van der Waals surface area contributed by atoms with Crippen molar-refractivity contribution in [2.75, 3.05) is 31.2 Å². The molecule has 0 aliphatic carbocycles. The molecule has 2 aliphatic rings. The number of aliphatic hydroxyl groups excluding tert-OH is 1. The molecule has 0 spiro atoms. The highest BCUT2D eigenvalue weighted by molar-refractivity contribution is 7.91. The fourth-order valence-electron chi connectivity index (χ4n) is 4.06. The zero-order chi connectivity index (χ0) is 17.9. The Balaban J connectivity index is 1.54. The first-order valence-electron chi connectivity index (χ1n) is 9.04. The summed E-state index contributed by atoms with van der Waals surface area (Å²) in [5.74, 6) is 0.413. The third-order valence-electron chi connectivity index (χ3n) is 5.72. The number of nitrogens with zero attached hydrogens (tertiary/aromatic N) is 1. The highest BCUT2D eigenvalue weighted by atomic mass is 32.2. The second-order valence-corrected chi connectivity index (χ2v) is 9.90. The predicted octanol–water partition coefficient (Wildman–Crippen LogP) is 1.65. The number of piperidine rings is 1. The van der Waals surface area contributed by atoms with E-state index in [1.807, 2.05) is 23.1 Å². The topological polar surface area (TPSA) is 74.7 Å². The summed E-state index contributed by atoms with van der Waals surface area (Å²) in [5, 5.41) is 9.95. The molecule has 0 saturated carbocycles. The molecule has 2 aliphatic heterocycles. The van der Waals surface area contributed by atoms with E-state index in [9.17, 15) is 18.3 Å². The van der Waals surface area contributed by atoms with E-state index in [1.165, 1.54) is 5.56 Å². The maximum atomic E-state index is 12.5. The van der Waals surface area contributed by atoms with Crippen molar-refractivity contribution in [1.82, 2.24) is 4.90 Å². The van der Waals surface area contributed by atoms with Crippen LogP contribution >= 0.6 is 0 Å². The Bertz CT molecular complexity index is 693. The van der Waals surface area contributed by atoms with E-state index in [0.717, 1.165) is 19.3 Å². The van der Waals surface area contributed by atoms with E-state index in [0.29, 0.717) is 25.9 Å². The van der Waals surface area contributed by atoms with Gasteiger partial charge >= 0.3 is 0 Å². The Hall–Kier alpha value is -1.40. The quantitative estimate of drug-likeness (QED) is 0.861. The molecule has 2 saturated heterocycles. The normalized spacial score (nSPS) is 25.0. The van der Waals surface area contributed by atoms with Gasteiger partial charge in [-0.2, -0.15) is 0 Å². The zero-order valence-electron chi connectivity index (χ0n) is 14.6. The van der Waals surface area contributed by atoms with Crippen LogP contribution < -0.4 is 0 Å². The van der Waals surface area contributed by atoms with Crippen molar-refractivity contribution in [3.8, 4) is 0 Å². The number of sulfone groups is 1. The van der Waals surface area contributed by atoms with Gasteiger partial charge in [0, 0.05) is 31.5 Å². The number of hydrogen-bond acceptors (Lipinski definition) is 4. The van der Waals surface area contributed by atoms with Crippen LogP contribution in [0.2, 0.25) is 0 Å². The number of carbonyl (C=O) groups is 1. The van der Waals surface area contributed by atoms with Crippen molar-refractivity contribution in [2.45, 2.75) is 32.1 Å². The Morgan fingerprint density at radius 1 is 1.20 bits per heavy atom. The van der Waals surface area contributed by atoms with Crippen LogP contribution in [0.1, 0.15) is 31.2 Å². The van der Waals surface area contributed by atoms with Gasteiger partial charge in [0.2, 0.25) is 5.91 Å². The first kappa shape index (κ1) is 18.4. The maximum Gasteiger partial charge on any atom is 0.222 e. The van der Waals surface area contributed by atoms with Gasteiger partial charge < -0.3 is 10.0 Å². The molecule has 5 nitrogen and oxygen atoms in total. The van der Waals surface area contributed by atoms with Gasteiger partial charge in [-0.25, -0.2) is 8.42 Å². The van der Waals surface area contributed by atoms with Gasteiger partial charge in [0.15, 0.2) is 9.84 Å². The fourth-order valence-corrected chi connectivity index (χ4v) is 5.92. The third-order valence-corrected chi connectivity index (χ3v) is 7.56. The highest BCUT2D eigenvalue weighted by Crippen LogP contribution is 2.35. The van der Waals surface area contributed by atoms with Crippen molar-refractivity contribution in [2.24, 2.45) is 11.3 Å². The number of hydrogen-bond donors (Lipinski definition) is 1. The fraction of sp³-hybridized carbons (Fsp3) is 0.632. The largest absolute Gasteiger partial charge is 0.396 e. The second kappa shape index (κ2) is 7.46. The van der Waals surface area contributed by atoms with E-state index in [-0.39, 0.29) is 35.4 Å². The van der Waals surface area contributed by atoms with Crippen molar-refractivity contribution < 1.29 is 18.3 Å². The zero-order valence-corrected chi connectivity index (χ0v) is 15.4. The third kappa shape index (κ3) is 4.61. The lowest BCUT2D eigenvalue weighted by Crippen LogP contribution is -2.46. The monoisotopic (exact) mass is 365 g/mol. The molecule has 0 aromatic heterocycles. The molecule has 1 aromatic carbocycles. The average Bonchev–Trinajstić information content (AvgIpc) is 2.95. The minimum atomic E-state index is -2.93. The molecular formula is C19H27NO4S. The molecule has 1 unspecified atom stereocenters. The highest BCUT2D eigenvalue weighted by Gasteiger charge is 2.37. The van der Waals surface area contributed by atoms with Gasteiger partial charge in [0.05, 0.1) is 11.5 Å². The van der Waals surface area contributed by atoms with Gasteiger partial charge in [0.1, 0.15) is 0 Å². The summed E-state index contributed by atoms with van der Waals surface area (Å²) < 4.78 is 23.1. The Labute approximate surface area is 150 Å². The van der Waals surface area contributed by atoms with Crippen molar-refractivity contribution in [3.05, 3.63) is 35.9 Å². The summed E-state index contributed by atoms with van der Waals surface area (Å²) in [4.78, 5) is 14.3. The number of likely N-dealkylation sites (tertiary alicyclic amines) is 1. The minimum Gasteiger partial charge on any atom is -0.396 e.